The number of halogens is 1. The molecule has 0 aliphatic heterocycles. The van der Waals surface area contributed by atoms with Crippen LogP contribution in [-0.2, 0) is 5.75 Å². The zero-order chi connectivity index (χ0) is 17.9. The molecular formula is C17H13ClN6OS. The van der Waals surface area contributed by atoms with E-state index in [0.29, 0.717) is 33.5 Å². The SMILES string of the molecule is Nn1c(SCc2nc(-c3ccccc3)no2)nnc1-c1ccc(Cl)cc1. The second-order valence-corrected chi connectivity index (χ2v) is 6.73. The molecule has 0 spiro atoms. The first-order chi connectivity index (χ1) is 12.7. The number of rotatable bonds is 5. The van der Waals surface area contributed by atoms with E-state index >= 15 is 0 Å². The Hall–Kier alpha value is -2.84. The van der Waals surface area contributed by atoms with Crippen molar-refractivity contribution in [2.45, 2.75) is 10.9 Å². The van der Waals surface area contributed by atoms with Crippen molar-refractivity contribution in [3.63, 3.8) is 0 Å². The van der Waals surface area contributed by atoms with E-state index in [0.717, 1.165) is 11.1 Å². The monoisotopic (exact) mass is 384 g/mol. The number of benzene rings is 2. The van der Waals surface area contributed by atoms with Crippen LogP contribution in [-0.4, -0.2) is 25.0 Å². The molecule has 0 aliphatic rings. The molecule has 26 heavy (non-hydrogen) atoms. The number of hydrogen-bond donors (Lipinski definition) is 1. The van der Waals surface area contributed by atoms with Crippen LogP contribution in [0.2, 0.25) is 5.02 Å². The lowest BCUT2D eigenvalue weighted by Crippen LogP contribution is -2.11. The number of hydrogen-bond acceptors (Lipinski definition) is 7. The first-order valence-corrected chi connectivity index (χ1v) is 9.04. The van der Waals surface area contributed by atoms with Crippen molar-refractivity contribution in [3.8, 4) is 22.8 Å². The molecule has 130 valence electrons. The van der Waals surface area contributed by atoms with Gasteiger partial charge < -0.3 is 10.4 Å². The Bertz CT molecular complexity index is 1020. The fraction of sp³-hybridized carbons (Fsp3) is 0.0588. The van der Waals surface area contributed by atoms with Gasteiger partial charge in [-0.1, -0.05) is 58.9 Å². The zero-order valence-electron chi connectivity index (χ0n) is 13.4. The summed E-state index contributed by atoms with van der Waals surface area (Å²) in [6, 6.07) is 16.9. The minimum atomic E-state index is 0.440. The van der Waals surface area contributed by atoms with Crippen LogP contribution in [0, 0.1) is 0 Å². The zero-order valence-corrected chi connectivity index (χ0v) is 15.0. The van der Waals surface area contributed by atoms with Gasteiger partial charge in [-0.25, -0.2) is 4.68 Å². The van der Waals surface area contributed by atoms with Crippen molar-refractivity contribution in [2.24, 2.45) is 0 Å². The third-order valence-corrected chi connectivity index (χ3v) is 4.77. The number of nitrogen functional groups attached to an aromatic ring is 1. The number of aromatic nitrogens is 5. The quantitative estimate of drug-likeness (QED) is 0.414. The summed E-state index contributed by atoms with van der Waals surface area (Å²) in [5.74, 6) is 8.14. The molecule has 0 atom stereocenters. The summed E-state index contributed by atoms with van der Waals surface area (Å²) in [6.07, 6.45) is 0. The summed E-state index contributed by atoms with van der Waals surface area (Å²) in [7, 11) is 0. The summed E-state index contributed by atoms with van der Waals surface area (Å²) >= 11 is 7.28. The third kappa shape index (κ3) is 3.42. The molecule has 2 aromatic heterocycles. The topological polar surface area (TPSA) is 95.7 Å². The summed E-state index contributed by atoms with van der Waals surface area (Å²) in [6.45, 7) is 0. The van der Waals surface area contributed by atoms with Crippen LogP contribution in [0.4, 0.5) is 0 Å². The molecule has 2 aromatic carbocycles. The van der Waals surface area contributed by atoms with E-state index in [2.05, 4.69) is 20.3 Å². The second-order valence-electron chi connectivity index (χ2n) is 5.35. The summed E-state index contributed by atoms with van der Waals surface area (Å²) in [4.78, 5) is 4.39. The lowest BCUT2D eigenvalue weighted by atomic mass is 10.2. The molecule has 0 bridgehead atoms. The van der Waals surface area contributed by atoms with E-state index < -0.39 is 0 Å². The Kier molecular flexibility index (Phi) is 4.59. The summed E-state index contributed by atoms with van der Waals surface area (Å²) in [5, 5.41) is 13.5. The van der Waals surface area contributed by atoms with Crippen molar-refractivity contribution < 1.29 is 4.52 Å². The molecule has 0 unspecified atom stereocenters. The van der Waals surface area contributed by atoms with Crippen LogP contribution < -0.4 is 5.84 Å². The van der Waals surface area contributed by atoms with Gasteiger partial charge in [0.25, 0.3) is 0 Å². The maximum Gasteiger partial charge on any atom is 0.237 e. The number of nitrogens with two attached hydrogens (primary N) is 1. The van der Waals surface area contributed by atoms with Crippen molar-refractivity contribution >= 4 is 23.4 Å². The molecule has 2 N–H and O–H groups in total. The molecule has 2 heterocycles. The molecule has 0 amide bonds. The van der Waals surface area contributed by atoms with Gasteiger partial charge in [-0.3, -0.25) is 0 Å². The van der Waals surface area contributed by atoms with E-state index in [1.807, 2.05) is 42.5 Å². The van der Waals surface area contributed by atoms with Gasteiger partial charge in [0.15, 0.2) is 5.82 Å². The molecule has 4 rings (SSSR count). The molecule has 0 saturated heterocycles. The molecule has 4 aromatic rings. The smallest absolute Gasteiger partial charge is 0.237 e. The van der Waals surface area contributed by atoms with E-state index in [9.17, 15) is 0 Å². The van der Waals surface area contributed by atoms with Crippen LogP contribution >= 0.6 is 23.4 Å². The fourth-order valence-corrected chi connectivity index (χ4v) is 3.14. The molecule has 0 fully saturated rings. The Balaban J connectivity index is 1.47. The van der Waals surface area contributed by atoms with Crippen LogP contribution in [0.5, 0.6) is 0 Å². The predicted octanol–water partition coefficient (Wildman–Crippen LogP) is 3.65. The number of thioether (sulfide) groups is 1. The molecule has 0 saturated carbocycles. The van der Waals surface area contributed by atoms with E-state index in [4.69, 9.17) is 22.0 Å². The van der Waals surface area contributed by atoms with E-state index in [1.54, 1.807) is 12.1 Å². The standard InChI is InChI=1S/C17H13ClN6OS/c18-13-8-6-12(7-9-13)16-21-22-17(24(16)19)26-10-14-20-15(23-25-14)11-4-2-1-3-5-11/h1-9H,10,19H2. The Morgan fingerprint density at radius 2 is 1.77 bits per heavy atom. The van der Waals surface area contributed by atoms with Gasteiger partial charge in [-0.2, -0.15) is 4.98 Å². The van der Waals surface area contributed by atoms with E-state index in [1.165, 1.54) is 16.4 Å². The van der Waals surface area contributed by atoms with E-state index in [-0.39, 0.29) is 0 Å². The lowest BCUT2D eigenvalue weighted by molar-refractivity contribution is 0.391. The van der Waals surface area contributed by atoms with Crippen molar-refractivity contribution in [2.75, 3.05) is 5.84 Å². The lowest BCUT2D eigenvalue weighted by Gasteiger charge is -2.02. The highest BCUT2D eigenvalue weighted by molar-refractivity contribution is 7.98. The van der Waals surface area contributed by atoms with Gasteiger partial charge in [0, 0.05) is 16.1 Å². The average molecular weight is 385 g/mol. The summed E-state index contributed by atoms with van der Waals surface area (Å²) in [5.41, 5.74) is 1.74. The highest BCUT2D eigenvalue weighted by atomic mass is 35.5. The molecule has 0 radical (unpaired) electrons. The predicted molar refractivity (Wildman–Crippen MR) is 99.9 cm³/mol. The van der Waals surface area contributed by atoms with Crippen LogP contribution in [0.15, 0.2) is 64.3 Å². The van der Waals surface area contributed by atoms with Crippen molar-refractivity contribution in [1.29, 1.82) is 0 Å². The van der Waals surface area contributed by atoms with Crippen molar-refractivity contribution in [1.82, 2.24) is 25.0 Å². The largest absolute Gasteiger partial charge is 0.338 e. The first-order valence-electron chi connectivity index (χ1n) is 7.68. The highest BCUT2D eigenvalue weighted by Crippen LogP contribution is 2.25. The van der Waals surface area contributed by atoms with Gasteiger partial charge in [0.2, 0.25) is 16.9 Å². The summed E-state index contributed by atoms with van der Waals surface area (Å²) < 4.78 is 6.72. The van der Waals surface area contributed by atoms with Gasteiger partial charge in [0.1, 0.15) is 0 Å². The maximum atomic E-state index is 6.11. The average Bonchev–Trinajstić information content (AvgIpc) is 3.29. The first kappa shape index (κ1) is 16.6. The minimum absolute atomic E-state index is 0.440. The Morgan fingerprint density at radius 3 is 2.54 bits per heavy atom. The third-order valence-electron chi connectivity index (χ3n) is 3.59. The van der Waals surface area contributed by atoms with Crippen LogP contribution in [0.1, 0.15) is 5.89 Å². The normalized spacial score (nSPS) is 11.0. The van der Waals surface area contributed by atoms with Gasteiger partial charge in [0.05, 0.1) is 5.75 Å². The maximum absolute atomic E-state index is 6.11. The molecule has 0 aliphatic carbocycles. The van der Waals surface area contributed by atoms with Gasteiger partial charge in [-0.05, 0) is 24.3 Å². The molecule has 9 heteroatoms. The Labute approximate surface area is 158 Å². The van der Waals surface area contributed by atoms with Gasteiger partial charge in [-0.15, -0.1) is 10.2 Å². The van der Waals surface area contributed by atoms with Gasteiger partial charge >= 0.3 is 0 Å². The van der Waals surface area contributed by atoms with Crippen LogP contribution in [0.3, 0.4) is 0 Å². The van der Waals surface area contributed by atoms with Crippen LogP contribution in [0.25, 0.3) is 22.8 Å². The fourth-order valence-electron chi connectivity index (χ4n) is 2.32. The minimum Gasteiger partial charge on any atom is -0.338 e. The second kappa shape index (κ2) is 7.19. The Morgan fingerprint density at radius 1 is 1.00 bits per heavy atom. The van der Waals surface area contributed by atoms with Crippen molar-refractivity contribution in [3.05, 3.63) is 65.5 Å². The number of nitrogens with zero attached hydrogens (tertiary/aromatic N) is 5. The highest BCUT2D eigenvalue weighted by Gasteiger charge is 2.14. The molecule has 7 nitrogen and oxygen atoms in total. The molecular weight excluding hydrogens is 372 g/mol.